The van der Waals surface area contributed by atoms with Crippen LogP contribution in [0.15, 0.2) is 53.5 Å². The van der Waals surface area contributed by atoms with Crippen LogP contribution in [0.2, 0.25) is 5.02 Å². The molecule has 1 unspecified atom stereocenters. The van der Waals surface area contributed by atoms with Gasteiger partial charge in [-0.1, -0.05) is 41.9 Å². The molecule has 3 heteroatoms. The van der Waals surface area contributed by atoms with Crippen molar-refractivity contribution in [1.82, 2.24) is 0 Å². The number of aliphatic imine (C=N–C) groups is 1. The van der Waals surface area contributed by atoms with Gasteiger partial charge in [-0.15, -0.1) is 0 Å². The fourth-order valence-electron chi connectivity index (χ4n) is 2.56. The average molecular weight is 286 g/mol. The van der Waals surface area contributed by atoms with Crippen molar-refractivity contribution < 1.29 is 4.74 Å². The molecule has 0 N–H and O–H groups in total. The summed E-state index contributed by atoms with van der Waals surface area (Å²) in [7, 11) is 1.68. The fourth-order valence-corrected chi connectivity index (χ4v) is 2.80. The molecule has 0 fully saturated rings. The van der Waals surface area contributed by atoms with Gasteiger partial charge in [-0.2, -0.15) is 0 Å². The fraction of sp³-hybridized carbons (Fsp3) is 0.235. The Kier molecular flexibility index (Phi) is 3.75. The van der Waals surface area contributed by atoms with Crippen LogP contribution >= 0.6 is 11.6 Å². The topological polar surface area (TPSA) is 21.6 Å². The lowest BCUT2D eigenvalue weighted by atomic mass is 10.0. The molecule has 0 radical (unpaired) electrons. The van der Waals surface area contributed by atoms with E-state index in [0.29, 0.717) is 0 Å². The Morgan fingerprint density at radius 3 is 2.55 bits per heavy atom. The van der Waals surface area contributed by atoms with Crippen LogP contribution in [0.25, 0.3) is 0 Å². The van der Waals surface area contributed by atoms with Crippen LogP contribution in [0.5, 0.6) is 5.75 Å². The Bertz CT molecular complexity index is 634. The number of benzene rings is 2. The maximum atomic E-state index is 6.24. The van der Waals surface area contributed by atoms with Gasteiger partial charge in [-0.3, -0.25) is 4.99 Å². The third-order valence-corrected chi connectivity index (χ3v) is 3.98. The molecule has 0 amide bonds. The third-order valence-electron chi connectivity index (χ3n) is 3.65. The zero-order valence-corrected chi connectivity index (χ0v) is 12.1. The summed E-state index contributed by atoms with van der Waals surface area (Å²) < 4.78 is 5.18. The molecule has 0 aliphatic carbocycles. The first-order valence-corrected chi connectivity index (χ1v) is 7.11. The first-order valence-electron chi connectivity index (χ1n) is 6.73. The van der Waals surface area contributed by atoms with Crippen molar-refractivity contribution in [3.05, 3.63) is 64.7 Å². The van der Waals surface area contributed by atoms with E-state index in [9.17, 15) is 0 Å². The molecule has 0 saturated carbocycles. The van der Waals surface area contributed by atoms with Gasteiger partial charge in [0.2, 0.25) is 0 Å². The van der Waals surface area contributed by atoms with Crippen molar-refractivity contribution in [2.24, 2.45) is 4.99 Å². The highest BCUT2D eigenvalue weighted by molar-refractivity contribution is 6.34. The molecule has 0 aromatic heterocycles. The van der Waals surface area contributed by atoms with Crippen molar-refractivity contribution in [3.63, 3.8) is 0 Å². The van der Waals surface area contributed by atoms with Crippen molar-refractivity contribution >= 4 is 17.3 Å². The van der Waals surface area contributed by atoms with Crippen LogP contribution in [0.1, 0.15) is 30.0 Å². The summed E-state index contributed by atoms with van der Waals surface area (Å²) >= 11 is 6.24. The minimum atomic E-state index is 0.229. The summed E-state index contributed by atoms with van der Waals surface area (Å²) in [5.41, 5.74) is 3.40. The zero-order valence-electron chi connectivity index (χ0n) is 11.3. The van der Waals surface area contributed by atoms with Crippen LogP contribution in [0.4, 0.5) is 0 Å². The van der Waals surface area contributed by atoms with E-state index in [2.05, 4.69) is 12.1 Å². The predicted molar refractivity (Wildman–Crippen MR) is 83.0 cm³/mol. The lowest BCUT2D eigenvalue weighted by Gasteiger charge is -2.07. The van der Waals surface area contributed by atoms with Crippen LogP contribution in [-0.2, 0) is 0 Å². The molecule has 1 atom stereocenters. The third kappa shape index (κ3) is 2.56. The molecule has 3 rings (SSSR count). The Labute approximate surface area is 124 Å². The number of hydrogen-bond acceptors (Lipinski definition) is 2. The van der Waals surface area contributed by atoms with Gasteiger partial charge in [0, 0.05) is 16.3 Å². The normalized spacial score (nSPS) is 17.9. The SMILES string of the molecule is COc1ccc(C2CCC(c3ccccc3Cl)=N2)cc1. The van der Waals surface area contributed by atoms with E-state index in [4.69, 9.17) is 21.3 Å². The molecule has 0 saturated heterocycles. The van der Waals surface area contributed by atoms with E-state index in [1.165, 1.54) is 5.56 Å². The largest absolute Gasteiger partial charge is 0.497 e. The van der Waals surface area contributed by atoms with Gasteiger partial charge in [0.1, 0.15) is 5.75 Å². The Balaban J connectivity index is 1.85. The van der Waals surface area contributed by atoms with E-state index < -0.39 is 0 Å². The zero-order chi connectivity index (χ0) is 13.9. The number of nitrogens with zero attached hydrogens (tertiary/aromatic N) is 1. The Morgan fingerprint density at radius 2 is 1.85 bits per heavy atom. The van der Waals surface area contributed by atoms with E-state index >= 15 is 0 Å². The molecule has 2 aromatic carbocycles. The Morgan fingerprint density at radius 1 is 1.10 bits per heavy atom. The molecule has 1 aliphatic heterocycles. The molecule has 20 heavy (non-hydrogen) atoms. The first kappa shape index (κ1) is 13.2. The van der Waals surface area contributed by atoms with Gasteiger partial charge in [0.15, 0.2) is 0 Å². The smallest absolute Gasteiger partial charge is 0.118 e. The minimum Gasteiger partial charge on any atom is -0.497 e. The molecule has 2 aromatic rings. The Hall–Kier alpha value is -1.80. The summed E-state index contributed by atoms with van der Waals surface area (Å²) in [5.74, 6) is 0.877. The second kappa shape index (κ2) is 5.68. The number of ether oxygens (including phenoxy) is 1. The second-order valence-corrected chi connectivity index (χ2v) is 5.29. The van der Waals surface area contributed by atoms with Crippen molar-refractivity contribution in [3.8, 4) is 5.75 Å². The van der Waals surface area contributed by atoms with E-state index in [-0.39, 0.29) is 6.04 Å². The summed E-state index contributed by atoms with van der Waals surface area (Å²) in [4.78, 5) is 4.84. The summed E-state index contributed by atoms with van der Waals surface area (Å²) in [5, 5.41) is 0.779. The molecule has 1 heterocycles. The molecule has 1 aliphatic rings. The summed E-state index contributed by atoms with van der Waals surface area (Å²) in [6, 6.07) is 16.3. The highest BCUT2D eigenvalue weighted by atomic mass is 35.5. The summed E-state index contributed by atoms with van der Waals surface area (Å²) in [6.45, 7) is 0. The second-order valence-electron chi connectivity index (χ2n) is 4.88. The van der Waals surface area contributed by atoms with Crippen molar-refractivity contribution in [2.75, 3.05) is 7.11 Å². The lowest BCUT2D eigenvalue weighted by molar-refractivity contribution is 0.414. The van der Waals surface area contributed by atoms with Gasteiger partial charge < -0.3 is 4.74 Å². The molecule has 102 valence electrons. The van der Waals surface area contributed by atoms with Gasteiger partial charge in [-0.05, 0) is 36.6 Å². The number of rotatable bonds is 3. The van der Waals surface area contributed by atoms with Crippen LogP contribution in [0.3, 0.4) is 0 Å². The number of halogens is 1. The maximum absolute atomic E-state index is 6.24. The van der Waals surface area contributed by atoms with Crippen LogP contribution in [0, 0.1) is 0 Å². The van der Waals surface area contributed by atoms with Crippen LogP contribution < -0.4 is 4.74 Å². The van der Waals surface area contributed by atoms with Gasteiger partial charge in [0.25, 0.3) is 0 Å². The van der Waals surface area contributed by atoms with E-state index in [0.717, 1.165) is 34.9 Å². The molecule has 0 spiro atoms. The van der Waals surface area contributed by atoms with Gasteiger partial charge >= 0.3 is 0 Å². The maximum Gasteiger partial charge on any atom is 0.118 e. The highest BCUT2D eigenvalue weighted by Crippen LogP contribution is 2.33. The molecule has 2 nitrogen and oxygen atoms in total. The standard InChI is InChI=1S/C17H16ClNO/c1-20-13-8-6-12(7-9-13)16-10-11-17(19-16)14-4-2-3-5-15(14)18/h2-9,16H,10-11H2,1H3. The molecular formula is C17H16ClNO. The molecular weight excluding hydrogens is 270 g/mol. The predicted octanol–water partition coefficient (Wildman–Crippen LogP) is 4.67. The number of hydrogen-bond donors (Lipinski definition) is 0. The van der Waals surface area contributed by atoms with Gasteiger partial charge in [-0.25, -0.2) is 0 Å². The molecule has 0 bridgehead atoms. The lowest BCUT2D eigenvalue weighted by Crippen LogP contribution is -1.96. The van der Waals surface area contributed by atoms with Gasteiger partial charge in [0.05, 0.1) is 13.2 Å². The summed E-state index contributed by atoms with van der Waals surface area (Å²) in [6.07, 6.45) is 2.01. The minimum absolute atomic E-state index is 0.229. The average Bonchev–Trinajstić information content (AvgIpc) is 2.97. The first-order chi connectivity index (χ1) is 9.78. The van der Waals surface area contributed by atoms with Crippen LogP contribution in [-0.4, -0.2) is 12.8 Å². The van der Waals surface area contributed by atoms with Crippen molar-refractivity contribution in [1.29, 1.82) is 0 Å². The van der Waals surface area contributed by atoms with E-state index in [1.54, 1.807) is 7.11 Å². The van der Waals surface area contributed by atoms with Crippen molar-refractivity contribution in [2.45, 2.75) is 18.9 Å². The van der Waals surface area contributed by atoms with E-state index in [1.807, 2.05) is 36.4 Å². The quantitative estimate of drug-likeness (QED) is 0.803. The monoisotopic (exact) mass is 285 g/mol. The number of methoxy groups -OCH3 is 1. The highest BCUT2D eigenvalue weighted by Gasteiger charge is 2.21.